The highest BCUT2D eigenvalue weighted by Crippen LogP contribution is 2.39. The zero-order valence-electron chi connectivity index (χ0n) is 8.18. The van der Waals surface area contributed by atoms with Gasteiger partial charge in [0.15, 0.2) is 0 Å². The maximum atomic E-state index is 3.84. The van der Waals surface area contributed by atoms with Crippen LogP contribution in [0.2, 0.25) is 0 Å². The Morgan fingerprint density at radius 3 is 2.86 bits per heavy atom. The van der Waals surface area contributed by atoms with Gasteiger partial charge in [-0.15, -0.1) is 11.8 Å². The molecule has 0 radical (unpaired) electrons. The van der Waals surface area contributed by atoms with Gasteiger partial charge < -0.3 is 4.90 Å². The average molecular weight is 203 g/mol. The van der Waals surface area contributed by atoms with Crippen molar-refractivity contribution in [1.29, 1.82) is 0 Å². The lowest BCUT2D eigenvalue weighted by molar-refractivity contribution is 0.448. The van der Waals surface area contributed by atoms with Crippen LogP contribution in [0, 0.1) is 0 Å². The first-order valence-electron chi connectivity index (χ1n) is 4.58. The van der Waals surface area contributed by atoms with Crippen LogP contribution in [0.25, 0.3) is 6.08 Å². The van der Waals surface area contributed by atoms with Crippen molar-refractivity contribution in [1.82, 2.24) is 4.90 Å². The Morgan fingerprint density at radius 2 is 2.21 bits per heavy atom. The third kappa shape index (κ3) is 1.58. The summed E-state index contributed by atoms with van der Waals surface area (Å²) < 4.78 is 0. The van der Waals surface area contributed by atoms with Gasteiger partial charge in [0, 0.05) is 13.2 Å². The Balaban J connectivity index is 2.36. The molecule has 14 heavy (non-hydrogen) atoms. The van der Waals surface area contributed by atoms with Gasteiger partial charge in [-0.1, -0.05) is 36.9 Å². The SMILES string of the molecule is C=Cc1ccccc1C1SC=CN1C. The van der Waals surface area contributed by atoms with E-state index in [0.717, 1.165) is 0 Å². The van der Waals surface area contributed by atoms with E-state index < -0.39 is 0 Å². The van der Waals surface area contributed by atoms with Gasteiger partial charge in [-0.2, -0.15) is 0 Å². The van der Waals surface area contributed by atoms with E-state index in [-0.39, 0.29) is 0 Å². The van der Waals surface area contributed by atoms with Gasteiger partial charge in [-0.3, -0.25) is 0 Å². The second-order valence-corrected chi connectivity index (χ2v) is 4.26. The third-order valence-electron chi connectivity index (χ3n) is 2.36. The van der Waals surface area contributed by atoms with Crippen LogP contribution in [0.3, 0.4) is 0 Å². The molecule has 2 rings (SSSR count). The predicted octanol–water partition coefficient (Wildman–Crippen LogP) is 3.48. The summed E-state index contributed by atoms with van der Waals surface area (Å²) in [6, 6.07) is 8.40. The molecule has 2 heteroatoms. The van der Waals surface area contributed by atoms with Gasteiger partial charge >= 0.3 is 0 Å². The number of nitrogens with zero attached hydrogens (tertiary/aromatic N) is 1. The summed E-state index contributed by atoms with van der Waals surface area (Å²) in [6.07, 6.45) is 4.03. The topological polar surface area (TPSA) is 3.24 Å². The lowest BCUT2D eigenvalue weighted by Gasteiger charge is -2.21. The van der Waals surface area contributed by atoms with Gasteiger partial charge in [0.2, 0.25) is 0 Å². The van der Waals surface area contributed by atoms with Crippen molar-refractivity contribution in [3.05, 3.63) is 53.6 Å². The summed E-state index contributed by atoms with van der Waals surface area (Å²) in [5.74, 6) is 0. The third-order valence-corrected chi connectivity index (χ3v) is 3.48. The Kier molecular flexibility index (Phi) is 2.64. The molecule has 0 bridgehead atoms. The highest BCUT2D eigenvalue weighted by molar-refractivity contribution is 8.02. The molecule has 1 unspecified atom stereocenters. The smallest absolute Gasteiger partial charge is 0.104 e. The molecule has 1 aliphatic rings. The van der Waals surface area contributed by atoms with Crippen LogP contribution in [-0.4, -0.2) is 11.9 Å². The standard InChI is InChI=1S/C12H13NS/c1-3-10-6-4-5-7-11(10)12-13(2)8-9-14-12/h3-9,12H,1H2,2H3. The molecule has 72 valence electrons. The molecule has 0 aromatic heterocycles. The van der Waals surface area contributed by atoms with Crippen molar-refractivity contribution >= 4 is 17.8 Å². The number of hydrogen-bond donors (Lipinski definition) is 0. The summed E-state index contributed by atoms with van der Waals surface area (Å²) in [6.45, 7) is 3.84. The normalized spacial score (nSPS) is 20.1. The number of rotatable bonds is 2. The van der Waals surface area contributed by atoms with E-state index in [1.807, 2.05) is 23.9 Å². The first kappa shape index (κ1) is 9.41. The van der Waals surface area contributed by atoms with Gasteiger partial charge in [-0.05, 0) is 16.5 Å². The molecule has 1 heterocycles. The van der Waals surface area contributed by atoms with Crippen molar-refractivity contribution in [2.45, 2.75) is 5.37 Å². The van der Waals surface area contributed by atoms with Crippen LogP contribution in [0.5, 0.6) is 0 Å². The van der Waals surface area contributed by atoms with Crippen LogP contribution in [0.4, 0.5) is 0 Å². The van der Waals surface area contributed by atoms with E-state index in [0.29, 0.717) is 5.37 Å². The Morgan fingerprint density at radius 1 is 1.43 bits per heavy atom. The number of thioether (sulfide) groups is 1. The van der Waals surface area contributed by atoms with Crippen LogP contribution in [0.1, 0.15) is 16.5 Å². The fourth-order valence-electron chi connectivity index (χ4n) is 1.59. The summed E-state index contributed by atoms with van der Waals surface area (Å²) in [5, 5.41) is 2.54. The monoisotopic (exact) mass is 203 g/mol. The predicted molar refractivity (Wildman–Crippen MR) is 63.8 cm³/mol. The molecule has 0 N–H and O–H groups in total. The van der Waals surface area contributed by atoms with Crippen molar-refractivity contribution < 1.29 is 0 Å². The molecule has 0 spiro atoms. The Labute approximate surface area is 89.1 Å². The van der Waals surface area contributed by atoms with Gasteiger partial charge in [0.05, 0.1) is 0 Å². The molecule has 1 aromatic rings. The molecule has 0 saturated heterocycles. The van der Waals surface area contributed by atoms with E-state index in [1.165, 1.54) is 11.1 Å². The van der Waals surface area contributed by atoms with Crippen LogP contribution in [-0.2, 0) is 0 Å². The lowest BCUT2D eigenvalue weighted by atomic mass is 10.1. The van der Waals surface area contributed by atoms with Crippen LogP contribution < -0.4 is 0 Å². The van der Waals surface area contributed by atoms with Gasteiger partial charge in [0.1, 0.15) is 5.37 Å². The fraction of sp³-hybridized carbons (Fsp3) is 0.167. The Hall–Kier alpha value is -1.15. The minimum atomic E-state index is 0.407. The number of hydrogen-bond acceptors (Lipinski definition) is 2. The van der Waals surface area contributed by atoms with E-state index in [1.54, 1.807) is 0 Å². The van der Waals surface area contributed by atoms with Crippen molar-refractivity contribution in [3.8, 4) is 0 Å². The second kappa shape index (κ2) is 3.93. The molecular formula is C12H13NS. The van der Waals surface area contributed by atoms with Gasteiger partial charge in [0.25, 0.3) is 0 Å². The van der Waals surface area contributed by atoms with E-state index in [9.17, 15) is 0 Å². The van der Waals surface area contributed by atoms with E-state index in [4.69, 9.17) is 0 Å². The summed E-state index contributed by atoms with van der Waals surface area (Å²) in [5.41, 5.74) is 2.56. The van der Waals surface area contributed by atoms with Crippen molar-refractivity contribution in [2.24, 2.45) is 0 Å². The largest absolute Gasteiger partial charge is 0.364 e. The molecule has 1 aromatic carbocycles. The quantitative estimate of drug-likeness (QED) is 0.724. The zero-order chi connectivity index (χ0) is 9.97. The molecule has 0 fully saturated rings. The zero-order valence-corrected chi connectivity index (χ0v) is 9.00. The maximum Gasteiger partial charge on any atom is 0.104 e. The highest BCUT2D eigenvalue weighted by Gasteiger charge is 2.19. The molecule has 1 atom stereocenters. The molecule has 0 aliphatic carbocycles. The highest BCUT2D eigenvalue weighted by atomic mass is 32.2. The Bertz CT molecular complexity index is 370. The van der Waals surface area contributed by atoms with Crippen LogP contribution >= 0.6 is 11.8 Å². The van der Waals surface area contributed by atoms with Crippen LogP contribution in [0.15, 0.2) is 42.5 Å². The first-order valence-corrected chi connectivity index (χ1v) is 5.52. The molecular weight excluding hydrogens is 190 g/mol. The van der Waals surface area contributed by atoms with E-state index in [2.05, 4.69) is 48.3 Å². The van der Waals surface area contributed by atoms with Crippen molar-refractivity contribution in [3.63, 3.8) is 0 Å². The summed E-state index contributed by atoms with van der Waals surface area (Å²) >= 11 is 1.83. The van der Waals surface area contributed by atoms with Gasteiger partial charge in [-0.25, -0.2) is 0 Å². The summed E-state index contributed by atoms with van der Waals surface area (Å²) in [7, 11) is 2.10. The summed E-state index contributed by atoms with van der Waals surface area (Å²) in [4.78, 5) is 2.22. The second-order valence-electron chi connectivity index (χ2n) is 3.27. The molecule has 0 amide bonds. The van der Waals surface area contributed by atoms with Crippen molar-refractivity contribution in [2.75, 3.05) is 7.05 Å². The first-order chi connectivity index (χ1) is 6.83. The van der Waals surface area contributed by atoms with E-state index >= 15 is 0 Å². The molecule has 0 saturated carbocycles. The minimum Gasteiger partial charge on any atom is -0.364 e. The minimum absolute atomic E-state index is 0.407. The molecule has 1 aliphatic heterocycles. The average Bonchev–Trinajstić information content (AvgIpc) is 2.64. The maximum absolute atomic E-state index is 3.84. The number of benzene rings is 1. The lowest BCUT2D eigenvalue weighted by Crippen LogP contribution is -2.12. The fourth-order valence-corrected chi connectivity index (χ4v) is 2.63. The molecule has 1 nitrogen and oxygen atoms in total.